The number of nitrogens with two attached hydrogens (primary N) is 1. The predicted octanol–water partition coefficient (Wildman–Crippen LogP) is 1.40. The van der Waals surface area contributed by atoms with Crippen LogP contribution in [0.5, 0.6) is 0 Å². The standard InChI is InChI=1S/C13H17BrN4/c1-17-4-5-18(12(8-16)9-17)13-6-11(14)3-2-10(13)7-15/h2-3,6,12H,4-5,8-9,16H2,1H3. The van der Waals surface area contributed by atoms with Gasteiger partial charge in [0.05, 0.1) is 17.3 Å². The maximum absolute atomic E-state index is 9.22. The van der Waals surface area contributed by atoms with E-state index in [0.717, 1.165) is 29.8 Å². The molecule has 1 fully saturated rings. The van der Waals surface area contributed by atoms with Crippen molar-refractivity contribution in [2.24, 2.45) is 5.73 Å². The second-order valence-corrected chi connectivity index (χ2v) is 5.53. The van der Waals surface area contributed by atoms with E-state index in [1.807, 2.05) is 18.2 Å². The van der Waals surface area contributed by atoms with E-state index in [9.17, 15) is 5.26 Å². The van der Waals surface area contributed by atoms with Crippen molar-refractivity contribution in [3.63, 3.8) is 0 Å². The molecule has 4 nitrogen and oxygen atoms in total. The Balaban J connectivity index is 2.35. The number of anilines is 1. The van der Waals surface area contributed by atoms with Crippen LogP contribution in [0.15, 0.2) is 22.7 Å². The highest BCUT2D eigenvalue weighted by Crippen LogP contribution is 2.27. The van der Waals surface area contributed by atoms with E-state index in [-0.39, 0.29) is 6.04 Å². The van der Waals surface area contributed by atoms with Gasteiger partial charge >= 0.3 is 0 Å². The molecule has 0 bridgehead atoms. The van der Waals surface area contributed by atoms with Crippen LogP contribution in [0, 0.1) is 11.3 Å². The van der Waals surface area contributed by atoms with Crippen molar-refractivity contribution in [2.45, 2.75) is 6.04 Å². The summed E-state index contributed by atoms with van der Waals surface area (Å²) in [5, 5.41) is 9.22. The van der Waals surface area contributed by atoms with Crippen molar-refractivity contribution in [2.75, 3.05) is 38.1 Å². The fraction of sp³-hybridized carbons (Fsp3) is 0.462. The lowest BCUT2D eigenvalue weighted by molar-refractivity contribution is 0.269. The maximum atomic E-state index is 9.22. The molecule has 18 heavy (non-hydrogen) atoms. The summed E-state index contributed by atoms with van der Waals surface area (Å²) in [5.74, 6) is 0. The summed E-state index contributed by atoms with van der Waals surface area (Å²) in [7, 11) is 2.10. The molecule has 1 aliphatic heterocycles. The van der Waals surface area contributed by atoms with Gasteiger partial charge in [0.1, 0.15) is 6.07 Å². The number of rotatable bonds is 2. The van der Waals surface area contributed by atoms with Crippen LogP contribution in [0.2, 0.25) is 0 Å². The van der Waals surface area contributed by atoms with Crippen molar-refractivity contribution in [3.8, 4) is 6.07 Å². The van der Waals surface area contributed by atoms with Crippen LogP contribution in [0.4, 0.5) is 5.69 Å². The highest BCUT2D eigenvalue weighted by atomic mass is 79.9. The average molecular weight is 309 g/mol. The van der Waals surface area contributed by atoms with Crippen LogP contribution < -0.4 is 10.6 Å². The van der Waals surface area contributed by atoms with Gasteiger partial charge in [0.25, 0.3) is 0 Å². The minimum atomic E-state index is 0.269. The molecule has 2 N–H and O–H groups in total. The van der Waals surface area contributed by atoms with Gasteiger partial charge in [0, 0.05) is 30.7 Å². The molecule has 0 amide bonds. The first-order valence-electron chi connectivity index (χ1n) is 6.00. The van der Waals surface area contributed by atoms with Crippen molar-refractivity contribution in [1.82, 2.24) is 4.90 Å². The largest absolute Gasteiger partial charge is 0.364 e. The van der Waals surface area contributed by atoms with Gasteiger partial charge in [-0.2, -0.15) is 5.26 Å². The third kappa shape index (κ3) is 2.66. The summed E-state index contributed by atoms with van der Waals surface area (Å²) >= 11 is 3.47. The third-order valence-corrected chi connectivity index (χ3v) is 3.84. The fourth-order valence-corrected chi connectivity index (χ4v) is 2.72. The lowest BCUT2D eigenvalue weighted by Crippen LogP contribution is -2.55. The monoisotopic (exact) mass is 308 g/mol. The lowest BCUT2D eigenvalue weighted by atomic mass is 10.1. The van der Waals surface area contributed by atoms with Gasteiger partial charge in [-0.1, -0.05) is 15.9 Å². The normalized spacial score (nSPS) is 20.8. The first-order chi connectivity index (χ1) is 8.65. The molecule has 0 aliphatic carbocycles. The van der Waals surface area contributed by atoms with Crippen molar-refractivity contribution < 1.29 is 0 Å². The Morgan fingerprint density at radius 2 is 2.28 bits per heavy atom. The average Bonchev–Trinajstić information content (AvgIpc) is 2.38. The van der Waals surface area contributed by atoms with Crippen molar-refractivity contribution >= 4 is 21.6 Å². The van der Waals surface area contributed by atoms with Crippen LogP contribution in [-0.4, -0.2) is 44.2 Å². The smallest absolute Gasteiger partial charge is 0.101 e. The summed E-state index contributed by atoms with van der Waals surface area (Å²) in [6, 6.07) is 8.29. The van der Waals surface area contributed by atoms with E-state index in [2.05, 4.69) is 38.8 Å². The van der Waals surface area contributed by atoms with Crippen LogP contribution in [0.1, 0.15) is 5.56 Å². The third-order valence-electron chi connectivity index (χ3n) is 3.35. The Hall–Kier alpha value is -1.09. The molecule has 5 heteroatoms. The Morgan fingerprint density at radius 1 is 1.50 bits per heavy atom. The first-order valence-corrected chi connectivity index (χ1v) is 6.80. The highest BCUT2D eigenvalue weighted by molar-refractivity contribution is 9.10. The molecule has 0 radical (unpaired) electrons. The lowest BCUT2D eigenvalue weighted by Gasteiger charge is -2.41. The number of hydrogen-bond donors (Lipinski definition) is 1. The van der Waals surface area contributed by atoms with Gasteiger partial charge < -0.3 is 15.5 Å². The van der Waals surface area contributed by atoms with Gasteiger partial charge in [0.15, 0.2) is 0 Å². The number of halogens is 1. The molecule has 1 heterocycles. The van der Waals surface area contributed by atoms with E-state index in [0.29, 0.717) is 12.1 Å². The second kappa shape index (κ2) is 5.70. The number of nitrogens with zero attached hydrogens (tertiary/aromatic N) is 3. The molecule has 1 unspecified atom stereocenters. The van der Waals surface area contributed by atoms with Crippen LogP contribution in [0.25, 0.3) is 0 Å². The fourth-order valence-electron chi connectivity index (χ4n) is 2.37. The molecule has 1 aromatic rings. The maximum Gasteiger partial charge on any atom is 0.101 e. The Morgan fingerprint density at radius 3 is 2.94 bits per heavy atom. The van der Waals surface area contributed by atoms with Gasteiger partial charge in [-0.3, -0.25) is 0 Å². The summed E-state index contributed by atoms with van der Waals surface area (Å²) < 4.78 is 0.992. The van der Waals surface area contributed by atoms with E-state index < -0.39 is 0 Å². The highest BCUT2D eigenvalue weighted by Gasteiger charge is 2.25. The molecule has 1 atom stereocenters. The number of likely N-dealkylation sites (N-methyl/N-ethyl adjacent to an activating group) is 1. The molecule has 0 spiro atoms. The number of hydrogen-bond acceptors (Lipinski definition) is 4. The van der Waals surface area contributed by atoms with Crippen molar-refractivity contribution in [3.05, 3.63) is 28.2 Å². The van der Waals surface area contributed by atoms with Gasteiger partial charge in [0.2, 0.25) is 0 Å². The summed E-state index contributed by atoms with van der Waals surface area (Å²) in [4.78, 5) is 4.53. The SMILES string of the molecule is CN1CCN(c2cc(Br)ccc2C#N)C(CN)C1. The van der Waals surface area contributed by atoms with Crippen LogP contribution >= 0.6 is 15.9 Å². The second-order valence-electron chi connectivity index (χ2n) is 4.62. The Kier molecular flexibility index (Phi) is 4.23. The van der Waals surface area contributed by atoms with E-state index in [1.54, 1.807) is 0 Å². The molecular weight excluding hydrogens is 292 g/mol. The van der Waals surface area contributed by atoms with Crippen LogP contribution in [-0.2, 0) is 0 Å². The van der Waals surface area contributed by atoms with Gasteiger partial charge in [-0.05, 0) is 25.2 Å². The zero-order valence-corrected chi connectivity index (χ0v) is 12.0. The Bertz CT molecular complexity index is 469. The number of benzene rings is 1. The molecular formula is C13H17BrN4. The first kappa shape index (κ1) is 13.3. The topological polar surface area (TPSA) is 56.3 Å². The van der Waals surface area contributed by atoms with Gasteiger partial charge in [-0.15, -0.1) is 0 Å². The van der Waals surface area contributed by atoms with E-state index in [4.69, 9.17) is 5.73 Å². The van der Waals surface area contributed by atoms with Crippen LogP contribution in [0.3, 0.4) is 0 Å². The van der Waals surface area contributed by atoms with Gasteiger partial charge in [-0.25, -0.2) is 0 Å². The quantitative estimate of drug-likeness (QED) is 0.897. The van der Waals surface area contributed by atoms with Crippen molar-refractivity contribution in [1.29, 1.82) is 5.26 Å². The summed E-state index contributed by atoms with van der Waals surface area (Å²) in [6.45, 7) is 3.44. The molecule has 0 aromatic heterocycles. The minimum Gasteiger partial charge on any atom is -0.364 e. The minimum absolute atomic E-state index is 0.269. The Labute approximate surface area is 116 Å². The molecule has 1 saturated heterocycles. The predicted molar refractivity (Wildman–Crippen MR) is 76.5 cm³/mol. The number of nitriles is 1. The number of piperazine rings is 1. The summed E-state index contributed by atoms with van der Waals surface area (Å²) in [6.07, 6.45) is 0. The molecule has 1 aromatic carbocycles. The van der Waals surface area contributed by atoms with E-state index in [1.165, 1.54) is 0 Å². The van der Waals surface area contributed by atoms with E-state index >= 15 is 0 Å². The summed E-state index contributed by atoms with van der Waals surface area (Å²) in [5.41, 5.74) is 7.55. The molecule has 2 rings (SSSR count). The molecule has 96 valence electrons. The molecule has 1 aliphatic rings. The zero-order valence-electron chi connectivity index (χ0n) is 10.4. The molecule has 0 saturated carbocycles. The zero-order chi connectivity index (χ0) is 13.1.